The first-order valence-corrected chi connectivity index (χ1v) is 9.90. The van der Waals surface area contributed by atoms with Crippen LogP contribution in [0.2, 0.25) is 0 Å². The summed E-state index contributed by atoms with van der Waals surface area (Å²) in [6.45, 7) is -0.411. The van der Waals surface area contributed by atoms with Gasteiger partial charge in [0.1, 0.15) is 5.75 Å². The molecule has 0 unspecified atom stereocenters. The second-order valence-electron chi connectivity index (χ2n) is 5.85. The van der Waals surface area contributed by atoms with E-state index in [2.05, 4.69) is 10.5 Å². The Hall–Kier alpha value is -3.11. The molecule has 0 fully saturated rings. The van der Waals surface area contributed by atoms with Crippen LogP contribution in [0.25, 0.3) is 0 Å². The maximum Gasteiger partial charge on any atom is 0.255 e. The van der Waals surface area contributed by atoms with Crippen molar-refractivity contribution in [3.63, 3.8) is 0 Å². The maximum absolute atomic E-state index is 12.7. The van der Waals surface area contributed by atoms with Gasteiger partial charge < -0.3 is 14.2 Å². The van der Waals surface area contributed by atoms with E-state index in [0.29, 0.717) is 11.5 Å². The fraction of sp³-hybridized carbons (Fsp3) is 0.263. The van der Waals surface area contributed by atoms with Crippen molar-refractivity contribution >= 4 is 22.1 Å². The number of carbonyl (C=O) groups excluding carboxylic acids is 1. The van der Waals surface area contributed by atoms with E-state index in [1.807, 2.05) is 0 Å². The summed E-state index contributed by atoms with van der Waals surface area (Å²) in [5.41, 5.74) is 3.02. The molecular formula is C19H23N3O6S. The third kappa shape index (κ3) is 5.69. The van der Waals surface area contributed by atoms with Gasteiger partial charge in [0.25, 0.3) is 5.91 Å². The summed E-state index contributed by atoms with van der Waals surface area (Å²) >= 11 is 0. The molecule has 1 N–H and O–H groups in total. The monoisotopic (exact) mass is 421 g/mol. The van der Waals surface area contributed by atoms with Crippen LogP contribution in [0.3, 0.4) is 0 Å². The lowest BCUT2D eigenvalue weighted by molar-refractivity contribution is -0.121. The van der Waals surface area contributed by atoms with Crippen LogP contribution in [0.15, 0.2) is 52.5 Å². The summed E-state index contributed by atoms with van der Waals surface area (Å²) in [6, 6.07) is 11.3. The third-order valence-corrected chi connectivity index (χ3v) is 5.73. The van der Waals surface area contributed by atoms with Gasteiger partial charge in [-0.15, -0.1) is 0 Å². The second kappa shape index (κ2) is 9.89. The number of hydrazone groups is 1. The average molecular weight is 421 g/mol. The number of carbonyl (C=O) groups is 1. The molecule has 0 saturated heterocycles. The smallest absolute Gasteiger partial charge is 0.255 e. The van der Waals surface area contributed by atoms with Crippen molar-refractivity contribution in [3.8, 4) is 17.2 Å². The molecule has 0 aromatic heterocycles. The topological polar surface area (TPSA) is 107 Å². The quantitative estimate of drug-likeness (QED) is 0.486. The minimum Gasteiger partial charge on any atom is -0.497 e. The van der Waals surface area contributed by atoms with Crippen LogP contribution >= 0.6 is 0 Å². The van der Waals surface area contributed by atoms with Gasteiger partial charge in [0.15, 0.2) is 11.5 Å². The summed E-state index contributed by atoms with van der Waals surface area (Å²) in [4.78, 5) is 12.0. The van der Waals surface area contributed by atoms with Crippen LogP contribution < -0.4 is 19.6 Å². The van der Waals surface area contributed by atoms with Crippen molar-refractivity contribution in [2.75, 3.05) is 34.9 Å². The number of nitrogens with one attached hydrogen (secondary N) is 1. The molecule has 0 aliphatic carbocycles. The Morgan fingerprint density at radius 3 is 2.45 bits per heavy atom. The fourth-order valence-electron chi connectivity index (χ4n) is 2.38. The van der Waals surface area contributed by atoms with E-state index in [0.717, 1.165) is 9.87 Å². The number of nitrogens with zero attached hydrogens (tertiary/aromatic N) is 2. The van der Waals surface area contributed by atoms with Gasteiger partial charge in [0, 0.05) is 13.1 Å². The Bertz CT molecular complexity index is 991. The van der Waals surface area contributed by atoms with E-state index in [9.17, 15) is 13.2 Å². The number of ether oxygens (including phenoxy) is 3. The molecule has 9 nitrogen and oxygen atoms in total. The minimum absolute atomic E-state index is 0.0228. The lowest BCUT2D eigenvalue weighted by Crippen LogP contribution is -2.36. The number of rotatable bonds is 9. The SMILES string of the molecule is COc1cccc(/C=N\NC(=O)CN(C)S(=O)(=O)c2ccc(OC)c(OC)c2)c1. The molecule has 10 heteroatoms. The van der Waals surface area contributed by atoms with E-state index in [-0.39, 0.29) is 10.6 Å². The molecule has 1 amide bonds. The highest BCUT2D eigenvalue weighted by Crippen LogP contribution is 2.30. The summed E-state index contributed by atoms with van der Waals surface area (Å²) in [5, 5.41) is 3.84. The van der Waals surface area contributed by atoms with E-state index < -0.39 is 22.5 Å². The molecule has 2 aromatic carbocycles. The van der Waals surface area contributed by atoms with E-state index in [1.54, 1.807) is 31.4 Å². The number of hydrogen-bond donors (Lipinski definition) is 1. The minimum atomic E-state index is -3.91. The fourth-order valence-corrected chi connectivity index (χ4v) is 3.52. The van der Waals surface area contributed by atoms with E-state index in [1.165, 1.54) is 45.7 Å². The normalized spacial score (nSPS) is 11.5. The van der Waals surface area contributed by atoms with Crippen LogP contribution in [-0.2, 0) is 14.8 Å². The lowest BCUT2D eigenvalue weighted by atomic mass is 10.2. The zero-order valence-electron chi connectivity index (χ0n) is 16.6. The molecule has 0 aliphatic heterocycles. The van der Waals surface area contributed by atoms with Gasteiger partial charge in [-0.2, -0.15) is 9.41 Å². The summed E-state index contributed by atoms with van der Waals surface area (Å²) in [5.74, 6) is 0.741. The first kappa shape index (κ1) is 22.2. The number of methoxy groups -OCH3 is 3. The number of hydrogen-bond acceptors (Lipinski definition) is 7. The zero-order valence-corrected chi connectivity index (χ0v) is 17.4. The zero-order chi connectivity index (χ0) is 21.4. The van der Waals surface area contributed by atoms with Crippen molar-refractivity contribution in [1.82, 2.24) is 9.73 Å². The molecule has 29 heavy (non-hydrogen) atoms. The molecule has 0 bridgehead atoms. The maximum atomic E-state index is 12.7. The Morgan fingerprint density at radius 1 is 1.07 bits per heavy atom. The second-order valence-corrected chi connectivity index (χ2v) is 7.89. The van der Waals surface area contributed by atoms with Gasteiger partial charge in [0.05, 0.1) is 39.0 Å². The van der Waals surface area contributed by atoms with E-state index in [4.69, 9.17) is 14.2 Å². The number of sulfonamides is 1. The van der Waals surface area contributed by atoms with Gasteiger partial charge in [-0.1, -0.05) is 12.1 Å². The van der Waals surface area contributed by atoms with Crippen molar-refractivity contribution in [2.24, 2.45) is 5.10 Å². The molecule has 0 saturated carbocycles. The predicted molar refractivity (Wildman–Crippen MR) is 108 cm³/mol. The Morgan fingerprint density at radius 2 is 1.79 bits per heavy atom. The van der Waals surface area contributed by atoms with Crippen LogP contribution in [0.4, 0.5) is 0 Å². The van der Waals surface area contributed by atoms with E-state index >= 15 is 0 Å². The molecule has 0 spiro atoms. The molecule has 0 aliphatic rings. The summed E-state index contributed by atoms with van der Waals surface area (Å²) < 4.78 is 41.7. The standard InChI is InChI=1S/C19H23N3O6S/c1-22(29(24,25)16-8-9-17(27-3)18(11-16)28-4)13-19(23)21-20-12-14-6-5-7-15(10-14)26-2/h5-12H,13H2,1-4H3,(H,21,23)/b20-12-. The average Bonchev–Trinajstić information content (AvgIpc) is 2.73. The molecule has 2 aromatic rings. The third-order valence-electron chi connectivity index (χ3n) is 3.93. The predicted octanol–water partition coefficient (Wildman–Crippen LogP) is 1.48. The molecule has 0 atom stereocenters. The molecular weight excluding hydrogens is 398 g/mol. The molecule has 0 heterocycles. The van der Waals surface area contributed by atoms with Gasteiger partial charge in [-0.25, -0.2) is 13.8 Å². The number of likely N-dealkylation sites (N-methyl/N-ethyl adjacent to an activating group) is 1. The highest BCUT2D eigenvalue weighted by Gasteiger charge is 2.24. The molecule has 156 valence electrons. The van der Waals surface area contributed by atoms with Gasteiger partial charge >= 0.3 is 0 Å². The lowest BCUT2D eigenvalue weighted by Gasteiger charge is -2.17. The first-order chi connectivity index (χ1) is 13.8. The van der Waals surface area contributed by atoms with Crippen LogP contribution in [0.1, 0.15) is 5.56 Å². The Kier molecular flexibility index (Phi) is 7.57. The van der Waals surface area contributed by atoms with Gasteiger partial charge in [-0.3, -0.25) is 4.79 Å². The largest absolute Gasteiger partial charge is 0.497 e. The summed E-state index contributed by atoms with van der Waals surface area (Å²) in [7, 11) is 1.80. The summed E-state index contributed by atoms with van der Waals surface area (Å²) in [6.07, 6.45) is 1.43. The molecule has 0 radical (unpaired) electrons. The van der Waals surface area contributed by atoms with Crippen LogP contribution in [-0.4, -0.2) is 59.8 Å². The van der Waals surface area contributed by atoms with Gasteiger partial charge in [0.2, 0.25) is 10.0 Å². The highest BCUT2D eigenvalue weighted by molar-refractivity contribution is 7.89. The van der Waals surface area contributed by atoms with Crippen LogP contribution in [0.5, 0.6) is 17.2 Å². The van der Waals surface area contributed by atoms with Crippen molar-refractivity contribution in [3.05, 3.63) is 48.0 Å². The first-order valence-electron chi connectivity index (χ1n) is 8.46. The van der Waals surface area contributed by atoms with Crippen molar-refractivity contribution < 1.29 is 27.4 Å². The Balaban J connectivity index is 2.03. The number of benzene rings is 2. The highest BCUT2D eigenvalue weighted by atomic mass is 32.2. The van der Waals surface area contributed by atoms with Crippen molar-refractivity contribution in [1.29, 1.82) is 0 Å². The molecule has 2 rings (SSSR count). The Labute approximate surface area is 169 Å². The van der Waals surface area contributed by atoms with Gasteiger partial charge in [-0.05, 0) is 29.8 Å². The number of amides is 1. The van der Waals surface area contributed by atoms with Crippen molar-refractivity contribution in [2.45, 2.75) is 4.90 Å². The van der Waals surface area contributed by atoms with Crippen LogP contribution in [0, 0.1) is 0 Å².